The highest BCUT2D eigenvalue weighted by Gasteiger charge is 2.31. The van der Waals surface area contributed by atoms with E-state index in [1.54, 1.807) is 0 Å². The average Bonchev–Trinajstić information content (AvgIpc) is 2.61. The summed E-state index contributed by atoms with van der Waals surface area (Å²) in [5.74, 6) is 3.09. The Kier molecular flexibility index (Phi) is 3.75. The normalized spacial score (nSPS) is 31.8. The average molecular weight is 230 g/mol. The number of carbonyl (C=O) groups excluding carboxylic acids is 1. The lowest BCUT2D eigenvalue weighted by Gasteiger charge is -2.25. The molecule has 4 nitrogen and oxygen atoms in total. The summed E-state index contributed by atoms with van der Waals surface area (Å²) in [6.45, 7) is 1.96. The minimum Gasteiger partial charge on any atom is -0.443 e. The molecule has 2 rings (SSSR count). The second kappa shape index (κ2) is 5.07. The largest absolute Gasteiger partial charge is 0.443 e. The van der Waals surface area contributed by atoms with Crippen molar-refractivity contribution in [3.8, 4) is 0 Å². The number of nitrogens with two attached hydrogens (primary N) is 1. The molecule has 86 valence electrons. The van der Waals surface area contributed by atoms with Crippen LogP contribution >= 0.6 is 11.8 Å². The minimum absolute atomic E-state index is 0.0891. The summed E-state index contributed by atoms with van der Waals surface area (Å²) in [6, 6.07) is 0. The van der Waals surface area contributed by atoms with Crippen LogP contribution < -0.4 is 5.73 Å². The Balaban J connectivity index is 1.81. The first kappa shape index (κ1) is 11.1. The van der Waals surface area contributed by atoms with E-state index in [-0.39, 0.29) is 12.2 Å². The number of amides is 1. The number of thioether (sulfide) groups is 1. The molecule has 2 heterocycles. The summed E-state index contributed by atoms with van der Waals surface area (Å²) in [4.78, 5) is 13.3. The molecule has 2 atom stereocenters. The Morgan fingerprint density at radius 3 is 3.07 bits per heavy atom. The van der Waals surface area contributed by atoms with Crippen molar-refractivity contribution in [1.29, 1.82) is 0 Å². The predicted octanol–water partition coefficient (Wildman–Crippen LogP) is 0.909. The van der Waals surface area contributed by atoms with Crippen LogP contribution in [0.15, 0.2) is 0 Å². The summed E-state index contributed by atoms with van der Waals surface area (Å²) in [7, 11) is 0. The molecule has 0 aromatic carbocycles. The van der Waals surface area contributed by atoms with Gasteiger partial charge in [0.2, 0.25) is 0 Å². The Hall–Kier alpha value is -0.420. The molecule has 2 aliphatic rings. The molecular weight excluding hydrogens is 212 g/mol. The van der Waals surface area contributed by atoms with Gasteiger partial charge in [-0.3, -0.25) is 0 Å². The lowest BCUT2D eigenvalue weighted by Crippen LogP contribution is -2.33. The van der Waals surface area contributed by atoms with Gasteiger partial charge in [0.15, 0.2) is 0 Å². The van der Waals surface area contributed by atoms with Gasteiger partial charge in [0, 0.05) is 13.1 Å². The van der Waals surface area contributed by atoms with Crippen LogP contribution in [0.4, 0.5) is 4.79 Å². The maximum atomic E-state index is 11.5. The first-order chi connectivity index (χ1) is 7.29. The summed E-state index contributed by atoms with van der Waals surface area (Å²) in [5, 5.41) is 0. The number of cyclic esters (lactones) is 1. The van der Waals surface area contributed by atoms with Gasteiger partial charge in [-0.15, -0.1) is 0 Å². The fourth-order valence-electron chi connectivity index (χ4n) is 2.11. The van der Waals surface area contributed by atoms with Gasteiger partial charge in [-0.2, -0.15) is 11.8 Å². The van der Waals surface area contributed by atoms with Crippen LogP contribution in [0.1, 0.15) is 12.8 Å². The van der Waals surface area contributed by atoms with Crippen LogP contribution in [0.2, 0.25) is 0 Å². The molecule has 15 heavy (non-hydrogen) atoms. The summed E-state index contributed by atoms with van der Waals surface area (Å²) in [5.41, 5.74) is 5.48. The van der Waals surface area contributed by atoms with Crippen molar-refractivity contribution >= 4 is 17.9 Å². The van der Waals surface area contributed by atoms with Crippen LogP contribution in [0.3, 0.4) is 0 Å². The van der Waals surface area contributed by atoms with Crippen molar-refractivity contribution in [1.82, 2.24) is 4.90 Å². The molecule has 0 aromatic heterocycles. The molecule has 0 radical (unpaired) electrons. The molecule has 2 saturated heterocycles. The smallest absolute Gasteiger partial charge is 0.410 e. The van der Waals surface area contributed by atoms with Crippen molar-refractivity contribution in [2.75, 3.05) is 31.1 Å². The monoisotopic (exact) mass is 230 g/mol. The van der Waals surface area contributed by atoms with Gasteiger partial charge in [-0.1, -0.05) is 0 Å². The van der Waals surface area contributed by atoms with E-state index in [9.17, 15) is 4.79 Å². The third-order valence-electron chi connectivity index (χ3n) is 2.95. The van der Waals surface area contributed by atoms with E-state index in [0.29, 0.717) is 19.0 Å². The molecule has 0 aliphatic carbocycles. The van der Waals surface area contributed by atoms with Gasteiger partial charge in [-0.25, -0.2) is 4.79 Å². The van der Waals surface area contributed by atoms with Crippen molar-refractivity contribution in [2.45, 2.75) is 18.9 Å². The lowest BCUT2D eigenvalue weighted by atomic mass is 10.1. The Bertz CT molecular complexity index is 231. The van der Waals surface area contributed by atoms with Crippen molar-refractivity contribution in [2.24, 2.45) is 11.7 Å². The number of hydrogen-bond acceptors (Lipinski definition) is 4. The zero-order valence-electron chi connectivity index (χ0n) is 8.85. The van der Waals surface area contributed by atoms with Gasteiger partial charge >= 0.3 is 6.09 Å². The van der Waals surface area contributed by atoms with E-state index in [1.807, 2.05) is 16.7 Å². The van der Waals surface area contributed by atoms with E-state index in [0.717, 1.165) is 6.54 Å². The topological polar surface area (TPSA) is 55.6 Å². The third-order valence-corrected chi connectivity index (χ3v) is 4.23. The zero-order valence-corrected chi connectivity index (χ0v) is 9.67. The fraction of sp³-hybridized carbons (Fsp3) is 0.900. The van der Waals surface area contributed by atoms with E-state index >= 15 is 0 Å². The zero-order chi connectivity index (χ0) is 10.7. The van der Waals surface area contributed by atoms with Crippen LogP contribution in [0, 0.1) is 5.92 Å². The van der Waals surface area contributed by atoms with E-state index in [4.69, 9.17) is 10.5 Å². The number of carbonyl (C=O) groups is 1. The van der Waals surface area contributed by atoms with Crippen LogP contribution in [-0.2, 0) is 4.74 Å². The van der Waals surface area contributed by atoms with Gasteiger partial charge in [-0.05, 0) is 30.3 Å². The molecule has 0 spiro atoms. The van der Waals surface area contributed by atoms with Crippen LogP contribution in [-0.4, -0.2) is 48.2 Å². The number of rotatable bonds is 3. The third kappa shape index (κ3) is 2.78. The van der Waals surface area contributed by atoms with Crippen molar-refractivity contribution < 1.29 is 9.53 Å². The van der Waals surface area contributed by atoms with E-state index in [1.165, 1.54) is 24.3 Å². The molecule has 2 aliphatic heterocycles. The van der Waals surface area contributed by atoms with Crippen molar-refractivity contribution in [3.63, 3.8) is 0 Å². The first-order valence-corrected chi connectivity index (χ1v) is 6.68. The lowest BCUT2D eigenvalue weighted by molar-refractivity contribution is 0.133. The molecule has 2 N–H and O–H groups in total. The predicted molar refractivity (Wildman–Crippen MR) is 60.9 cm³/mol. The van der Waals surface area contributed by atoms with Crippen LogP contribution in [0.25, 0.3) is 0 Å². The standard InChI is InChI=1S/C10H18N2O2S/c11-4-9-6-12(10(13)14-9)5-8-2-1-3-15-7-8/h8-9H,1-7,11H2/t8?,9-/m0/s1. The summed E-state index contributed by atoms with van der Waals surface area (Å²) in [6.07, 6.45) is 2.25. The molecular formula is C10H18N2O2S. The van der Waals surface area contributed by atoms with Crippen molar-refractivity contribution in [3.05, 3.63) is 0 Å². The Labute approximate surface area is 94.5 Å². The van der Waals surface area contributed by atoms with Gasteiger partial charge < -0.3 is 15.4 Å². The highest BCUT2D eigenvalue weighted by Crippen LogP contribution is 2.24. The van der Waals surface area contributed by atoms with Gasteiger partial charge in [0.1, 0.15) is 6.10 Å². The molecule has 1 amide bonds. The molecule has 0 saturated carbocycles. The summed E-state index contributed by atoms with van der Waals surface area (Å²) < 4.78 is 5.12. The Morgan fingerprint density at radius 2 is 2.47 bits per heavy atom. The first-order valence-electron chi connectivity index (χ1n) is 5.53. The summed E-state index contributed by atoms with van der Waals surface area (Å²) >= 11 is 1.99. The fourth-order valence-corrected chi connectivity index (χ4v) is 3.25. The van der Waals surface area contributed by atoms with Gasteiger partial charge in [0.25, 0.3) is 0 Å². The molecule has 0 aromatic rings. The highest BCUT2D eigenvalue weighted by atomic mass is 32.2. The molecule has 0 bridgehead atoms. The van der Waals surface area contributed by atoms with Gasteiger partial charge in [0.05, 0.1) is 6.54 Å². The number of hydrogen-bond donors (Lipinski definition) is 1. The number of ether oxygens (including phenoxy) is 1. The van der Waals surface area contributed by atoms with Crippen LogP contribution in [0.5, 0.6) is 0 Å². The second-order valence-corrected chi connectivity index (χ2v) is 5.38. The molecule has 2 fully saturated rings. The maximum Gasteiger partial charge on any atom is 0.410 e. The SMILES string of the molecule is NC[C@H]1CN(CC2CCCSC2)C(=O)O1. The van der Waals surface area contributed by atoms with E-state index in [2.05, 4.69) is 0 Å². The second-order valence-electron chi connectivity index (χ2n) is 4.23. The quantitative estimate of drug-likeness (QED) is 0.783. The van der Waals surface area contributed by atoms with E-state index < -0.39 is 0 Å². The number of nitrogens with zero attached hydrogens (tertiary/aromatic N) is 1. The Morgan fingerprint density at radius 1 is 1.60 bits per heavy atom. The highest BCUT2D eigenvalue weighted by molar-refractivity contribution is 7.99. The maximum absolute atomic E-state index is 11.5. The molecule has 1 unspecified atom stereocenters. The minimum atomic E-state index is -0.180. The molecule has 5 heteroatoms.